The number of carboxylic acids is 1. The summed E-state index contributed by atoms with van der Waals surface area (Å²) >= 11 is 0. The molecule has 2 aromatic rings. The number of para-hydroxylation sites is 2. The molecule has 0 aliphatic carbocycles. The summed E-state index contributed by atoms with van der Waals surface area (Å²) in [7, 11) is 0. The molecule has 2 rings (SSSR count). The molecule has 0 aliphatic rings. The number of carbonyl (C=O) groups is 1. The van der Waals surface area contributed by atoms with Crippen LogP contribution in [0.1, 0.15) is 35.8 Å². The number of phenols is 1. The van der Waals surface area contributed by atoms with Crippen molar-refractivity contribution in [2.75, 3.05) is 0 Å². The fourth-order valence-electron chi connectivity index (χ4n) is 1.99. The molecule has 1 aromatic heterocycles. The molecule has 2 N–H and O–H groups in total. The minimum Gasteiger partial charge on any atom is -0.506 e. The summed E-state index contributed by atoms with van der Waals surface area (Å²) in [5, 5.41) is 23.1. The Morgan fingerprint density at radius 1 is 1.37 bits per heavy atom. The zero-order valence-electron chi connectivity index (χ0n) is 10.7. The van der Waals surface area contributed by atoms with Crippen LogP contribution in [-0.2, 0) is 6.42 Å². The second-order valence-electron chi connectivity index (χ2n) is 4.31. The predicted molar refractivity (Wildman–Crippen MR) is 70.8 cm³/mol. The Kier molecular flexibility index (Phi) is 3.85. The minimum atomic E-state index is -0.993. The minimum absolute atomic E-state index is 0.0836. The Hall–Kier alpha value is -2.30. The average molecular weight is 260 g/mol. The third-order valence-electron chi connectivity index (χ3n) is 2.98. The zero-order valence-corrected chi connectivity index (χ0v) is 10.7. The molecule has 100 valence electrons. The van der Waals surface area contributed by atoms with Gasteiger partial charge >= 0.3 is 5.97 Å². The maximum Gasteiger partial charge on any atom is 0.339 e. The Labute approximate surface area is 111 Å². The van der Waals surface area contributed by atoms with E-state index in [-0.39, 0.29) is 11.3 Å². The summed E-state index contributed by atoms with van der Waals surface area (Å²) in [6, 6.07) is 6.76. The molecule has 0 saturated carbocycles. The third-order valence-corrected chi connectivity index (χ3v) is 2.98. The number of nitrogens with zero attached hydrogens (tertiary/aromatic N) is 2. The van der Waals surface area contributed by atoms with Crippen molar-refractivity contribution in [1.29, 1.82) is 0 Å². The molecule has 1 aromatic carbocycles. The maximum absolute atomic E-state index is 11.2. The highest BCUT2D eigenvalue weighted by Gasteiger charge is 2.18. The molecule has 5 nitrogen and oxygen atoms in total. The largest absolute Gasteiger partial charge is 0.506 e. The van der Waals surface area contributed by atoms with Crippen molar-refractivity contribution in [3.05, 3.63) is 41.7 Å². The van der Waals surface area contributed by atoms with E-state index >= 15 is 0 Å². The number of rotatable bonds is 5. The molecule has 5 heteroatoms. The van der Waals surface area contributed by atoms with Gasteiger partial charge in [0.2, 0.25) is 0 Å². The van der Waals surface area contributed by atoms with Gasteiger partial charge in [-0.1, -0.05) is 25.5 Å². The highest BCUT2D eigenvalue weighted by Crippen LogP contribution is 2.24. The normalized spacial score (nSPS) is 10.6. The van der Waals surface area contributed by atoms with Gasteiger partial charge in [0.15, 0.2) is 0 Å². The van der Waals surface area contributed by atoms with Gasteiger partial charge in [-0.25, -0.2) is 9.48 Å². The van der Waals surface area contributed by atoms with Gasteiger partial charge in [-0.3, -0.25) is 0 Å². The predicted octanol–water partition coefficient (Wildman–Crippen LogP) is 2.62. The summed E-state index contributed by atoms with van der Waals surface area (Å²) in [5.74, 6) is -0.909. The fourth-order valence-corrected chi connectivity index (χ4v) is 1.99. The van der Waals surface area contributed by atoms with E-state index in [2.05, 4.69) is 5.10 Å². The standard InChI is InChI=1S/C14H16N2O3/c1-2-3-6-11-10(14(18)19)9-15-16(11)12-7-4-5-8-13(12)17/h4-5,7-9,17H,2-3,6H2,1H3,(H,18,19). The lowest BCUT2D eigenvalue weighted by atomic mass is 10.1. The van der Waals surface area contributed by atoms with Crippen molar-refractivity contribution in [3.8, 4) is 11.4 Å². The number of phenolic OH excluding ortho intramolecular Hbond substituents is 1. The van der Waals surface area contributed by atoms with Gasteiger partial charge < -0.3 is 10.2 Å². The van der Waals surface area contributed by atoms with Crippen molar-refractivity contribution in [2.24, 2.45) is 0 Å². The van der Waals surface area contributed by atoms with E-state index in [0.717, 1.165) is 12.8 Å². The Bertz CT molecular complexity index is 590. The molecule has 19 heavy (non-hydrogen) atoms. The molecule has 0 saturated heterocycles. The van der Waals surface area contributed by atoms with E-state index in [1.54, 1.807) is 24.3 Å². The second-order valence-corrected chi connectivity index (χ2v) is 4.31. The van der Waals surface area contributed by atoms with Crippen LogP contribution < -0.4 is 0 Å². The Morgan fingerprint density at radius 3 is 2.74 bits per heavy atom. The highest BCUT2D eigenvalue weighted by atomic mass is 16.4. The van der Waals surface area contributed by atoms with Crippen LogP contribution in [-0.4, -0.2) is 26.0 Å². The Morgan fingerprint density at radius 2 is 2.11 bits per heavy atom. The fraction of sp³-hybridized carbons (Fsp3) is 0.286. The summed E-state index contributed by atoms with van der Waals surface area (Å²) in [6.07, 6.45) is 3.79. The van der Waals surface area contributed by atoms with Crippen LogP contribution in [0.3, 0.4) is 0 Å². The van der Waals surface area contributed by atoms with Crippen LogP contribution in [0.2, 0.25) is 0 Å². The molecule has 0 amide bonds. The highest BCUT2D eigenvalue weighted by molar-refractivity contribution is 5.88. The smallest absolute Gasteiger partial charge is 0.339 e. The SMILES string of the molecule is CCCCc1c(C(=O)O)cnn1-c1ccccc1O. The van der Waals surface area contributed by atoms with Gasteiger partial charge in [0.1, 0.15) is 17.0 Å². The number of benzene rings is 1. The Balaban J connectivity index is 2.51. The van der Waals surface area contributed by atoms with Crippen molar-refractivity contribution in [2.45, 2.75) is 26.2 Å². The lowest BCUT2D eigenvalue weighted by Crippen LogP contribution is -2.07. The molecule has 0 bridgehead atoms. The van der Waals surface area contributed by atoms with Gasteiger partial charge in [-0.05, 0) is 25.0 Å². The number of hydrogen-bond acceptors (Lipinski definition) is 3. The number of unbranched alkanes of at least 4 members (excludes halogenated alkanes) is 1. The second kappa shape index (κ2) is 5.56. The van der Waals surface area contributed by atoms with Gasteiger partial charge in [0, 0.05) is 0 Å². The summed E-state index contributed by atoms with van der Waals surface area (Å²) in [4.78, 5) is 11.2. The molecule has 1 heterocycles. The van der Waals surface area contributed by atoms with Gasteiger partial charge in [0.25, 0.3) is 0 Å². The van der Waals surface area contributed by atoms with Gasteiger partial charge in [0.05, 0.1) is 11.9 Å². The van der Waals surface area contributed by atoms with Crippen molar-refractivity contribution < 1.29 is 15.0 Å². The van der Waals surface area contributed by atoms with E-state index in [9.17, 15) is 15.0 Å². The first-order valence-electron chi connectivity index (χ1n) is 6.23. The molecule has 0 atom stereocenters. The van der Waals surface area contributed by atoms with E-state index in [1.165, 1.54) is 10.9 Å². The van der Waals surface area contributed by atoms with E-state index in [1.807, 2.05) is 6.92 Å². The van der Waals surface area contributed by atoms with Crippen LogP contribution in [0.25, 0.3) is 5.69 Å². The average Bonchev–Trinajstić information content (AvgIpc) is 2.80. The number of aromatic carboxylic acids is 1. The lowest BCUT2D eigenvalue weighted by molar-refractivity contribution is 0.0695. The maximum atomic E-state index is 11.2. The number of aromatic hydroxyl groups is 1. The first kappa shape index (κ1) is 13.1. The van der Waals surface area contributed by atoms with Gasteiger partial charge in [-0.2, -0.15) is 5.10 Å². The van der Waals surface area contributed by atoms with Crippen molar-refractivity contribution in [3.63, 3.8) is 0 Å². The molecular formula is C14H16N2O3. The van der Waals surface area contributed by atoms with Gasteiger partial charge in [-0.15, -0.1) is 0 Å². The summed E-state index contributed by atoms with van der Waals surface area (Å²) in [6.45, 7) is 2.04. The topological polar surface area (TPSA) is 75.3 Å². The monoisotopic (exact) mass is 260 g/mol. The number of aromatic nitrogens is 2. The first-order chi connectivity index (χ1) is 9.15. The zero-order chi connectivity index (χ0) is 13.8. The third kappa shape index (κ3) is 2.59. The van der Waals surface area contributed by atoms with Crippen molar-refractivity contribution >= 4 is 5.97 Å². The molecular weight excluding hydrogens is 244 g/mol. The van der Waals surface area contributed by atoms with Crippen LogP contribution in [0, 0.1) is 0 Å². The molecule has 0 fully saturated rings. The molecule has 0 spiro atoms. The quantitative estimate of drug-likeness (QED) is 0.866. The van der Waals surface area contributed by atoms with Crippen LogP contribution >= 0.6 is 0 Å². The van der Waals surface area contributed by atoms with E-state index in [0.29, 0.717) is 17.8 Å². The number of carboxylic acid groups (broad SMARTS) is 1. The molecule has 0 radical (unpaired) electrons. The van der Waals surface area contributed by atoms with E-state index in [4.69, 9.17) is 0 Å². The lowest BCUT2D eigenvalue weighted by Gasteiger charge is -2.09. The summed E-state index contributed by atoms with van der Waals surface area (Å²) in [5.41, 5.74) is 1.31. The van der Waals surface area contributed by atoms with E-state index < -0.39 is 5.97 Å². The van der Waals surface area contributed by atoms with Crippen LogP contribution in [0.15, 0.2) is 30.5 Å². The van der Waals surface area contributed by atoms with Crippen LogP contribution in [0.4, 0.5) is 0 Å². The summed E-state index contributed by atoms with van der Waals surface area (Å²) < 4.78 is 1.51. The first-order valence-corrected chi connectivity index (χ1v) is 6.23. The molecule has 0 aliphatic heterocycles. The van der Waals surface area contributed by atoms with Crippen LogP contribution in [0.5, 0.6) is 5.75 Å². The number of hydrogen-bond donors (Lipinski definition) is 2. The molecule has 0 unspecified atom stereocenters. The van der Waals surface area contributed by atoms with Crippen molar-refractivity contribution in [1.82, 2.24) is 9.78 Å².